The van der Waals surface area contributed by atoms with E-state index in [1.54, 1.807) is 6.20 Å². The van der Waals surface area contributed by atoms with Crippen molar-refractivity contribution in [3.05, 3.63) is 48.3 Å². The quantitative estimate of drug-likeness (QED) is 0.922. The van der Waals surface area contributed by atoms with Crippen molar-refractivity contribution in [2.24, 2.45) is 0 Å². The van der Waals surface area contributed by atoms with Gasteiger partial charge in [0.15, 0.2) is 0 Å². The molecule has 1 aromatic heterocycles. The van der Waals surface area contributed by atoms with E-state index in [1.165, 1.54) is 5.56 Å². The highest BCUT2D eigenvalue weighted by Crippen LogP contribution is 2.26. The monoisotopic (exact) mass is 312 g/mol. The van der Waals surface area contributed by atoms with E-state index in [0.717, 1.165) is 25.1 Å². The van der Waals surface area contributed by atoms with Crippen molar-refractivity contribution in [2.75, 3.05) is 18.0 Å². The molecule has 5 heteroatoms. The van der Waals surface area contributed by atoms with Gasteiger partial charge in [-0.1, -0.05) is 18.2 Å². The molecule has 0 fully saturated rings. The number of carbonyl (C=O) groups is 1. The number of aromatic nitrogens is 2. The van der Waals surface area contributed by atoms with Crippen molar-refractivity contribution in [1.82, 2.24) is 15.1 Å². The largest absolute Gasteiger partial charge is 0.311 e. The van der Waals surface area contributed by atoms with Crippen LogP contribution in [0.15, 0.2) is 42.7 Å². The summed E-state index contributed by atoms with van der Waals surface area (Å²) in [6.07, 6.45) is 5.81. The zero-order chi connectivity index (χ0) is 16.2. The second kappa shape index (κ2) is 6.96. The molecule has 0 aliphatic carbocycles. The van der Waals surface area contributed by atoms with Gasteiger partial charge in [-0.2, -0.15) is 5.10 Å². The van der Waals surface area contributed by atoms with Gasteiger partial charge < -0.3 is 10.2 Å². The van der Waals surface area contributed by atoms with Crippen LogP contribution in [-0.4, -0.2) is 34.8 Å². The molecule has 1 N–H and O–H groups in total. The summed E-state index contributed by atoms with van der Waals surface area (Å²) in [5.74, 6) is 0.136. The standard InChI is InChI=1S/C18H24N4O/c1-14(15(2)22-12-6-10-20-22)19-13-18(23)21-11-5-8-16-7-3-4-9-17(16)21/h3-4,6-7,9-10,12,14-15,19H,5,8,11,13H2,1-2H3/t14-,15-/m1/s1. The Morgan fingerprint density at radius 3 is 2.91 bits per heavy atom. The SMILES string of the molecule is C[C@H]([C@@H](C)NCC(=O)N1CCCc2ccccc21)n1cccn1. The van der Waals surface area contributed by atoms with Crippen LogP contribution in [0.25, 0.3) is 0 Å². The number of rotatable bonds is 5. The van der Waals surface area contributed by atoms with Crippen molar-refractivity contribution >= 4 is 11.6 Å². The Balaban J connectivity index is 1.60. The Morgan fingerprint density at radius 2 is 2.13 bits per heavy atom. The number of nitrogens with one attached hydrogen (secondary N) is 1. The Morgan fingerprint density at radius 1 is 1.30 bits per heavy atom. The van der Waals surface area contributed by atoms with Crippen LogP contribution in [0.3, 0.4) is 0 Å². The molecule has 1 aliphatic heterocycles. The van der Waals surface area contributed by atoms with Crippen LogP contribution < -0.4 is 10.2 Å². The van der Waals surface area contributed by atoms with Gasteiger partial charge in [-0.15, -0.1) is 0 Å². The number of nitrogens with zero attached hydrogens (tertiary/aromatic N) is 3. The highest BCUT2D eigenvalue weighted by Gasteiger charge is 2.23. The predicted molar refractivity (Wildman–Crippen MR) is 91.5 cm³/mol. The van der Waals surface area contributed by atoms with Gasteiger partial charge >= 0.3 is 0 Å². The number of para-hydroxylation sites is 1. The molecule has 23 heavy (non-hydrogen) atoms. The van der Waals surface area contributed by atoms with Gasteiger partial charge in [-0.25, -0.2) is 0 Å². The van der Waals surface area contributed by atoms with Gasteiger partial charge in [0, 0.05) is 30.7 Å². The summed E-state index contributed by atoms with van der Waals surface area (Å²) in [5.41, 5.74) is 2.34. The van der Waals surface area contributed by atoms with Gasteiger partial charge in [0.25, 0.3) is 0 Å². The molecule has 0 bridgehead atoms. The van der Waals surface area contributed by atoms with Crippen molar-refractivity contribution in [2.45, 2.75) is 38.8 Å². The Hall–Kier alpha value is -2.14. The molecule has 2 atom stereocenters. The fraction of sp³-hybridized carbons (Fsp3) is 0.444. The Bertz CT molecular complexity index is 653. The molecule has 1 aromatic carbocycles. The Labute approximate surface area is 137 Å². The molecule has 122 valence electrons. The number of hydrogen-bond acceptors (Lipinski definition) is 3. The van der Waals surface area contributed by atoms with Crippen LogP contribution >= 0.6 is 0 Å². The van der Waals surface area contributed by atoms with Crippen LogP contribution in [-0.2, 0) is 11.2 Å². The van der Waals surface area contributed by atoms with E-state index in [1.807, 2.05) is 40.0 Å². The summed E-state index contributed by atoms with van der Waals surface area (Å²) in [6.45, 7) is 5.34. The van der Waals surface area contributed by atoms with E-state index in [-0.39, 0.29) is 18.0 Å². The van der Waals surface area contributed by atoms with Crippen LogP contribution in [0.5, 0.6) is 0 Å². The van der Waals surface area contributed by atoms with Crippen molar-refractivity contribution < 1.29 is 4.79 Å². The number of amides is 1. The predicted octanol–water partition coefficient (Wildman–Crippen LogP) is 2.40. The summed E-state index contributed by atoms with van der Waals surface area (Å²) >= 11 is 0. The lowest BCUT2D eigenvalue weighted by molar-refractivity contribution is -0.118. The second-order valence-electron chi connectivity index (χ2n) is 6.17. The number of benzene rings is 1. The summed E-state index contributed by atoms with van der Waals surface area (Å²) in [6, 6.07) is 10.5. The molecule has 3 rings (SSSR count). The first-order chi connectivity index (χ1) is 11.2. The van der Waals surface area contributed by atoms with Gasteiger partial charge in [0.2, 0.25) is 5.91 Å². The molecule has 1 amide bonds. The summed E-state index contributed by atoms with van der Waals surface area (Å²) in [5, 5.41) is 7.61. The van der Waals surface area contributed by atoms with E-state index in [4.69, 9.17) is 0 Å². The number of carbonyl (C=O) groups excluding carboxylic acids is 1. The Kier molecular flexibility index (Phi) is 4.76. The summed E-state index contributed by atoms with van der Waals surface area (Å²) < 4.78 is 1.92. The van der Waals surface area contributed by atoms with E-state index >= 15 is 0 Å². The summed E-state index contributed by atoms with van der Waals surface area (Å²) in [7, 11) is 0. The molecule has 0 saturated carbocycles. The fourth-order valence-corrected chi connectivity index (χ4v) is 3.06. The van der Waals surface area contributed by atoms with Crippen LogP contribution in [0.1, 0.15) is 31.9 Å². The fourth-order valence-electron chi connectivity index (χ4n) is 3.06. The molecule has 2 heterocycles. The number of anilines is 1. The normalized spacial score (nSPS) is 16.7. The first kappa shape index (κ1) is 15.7. The minimum Gasteiger partial charge on any atom is -0.311 e. The zero-order valence-electron chi connectivity index (χ0n) is 13.8. The molecule has 0 spiro atoms. The molecule has 0 saturated heterocycles. The molecule has 0 unspecified atom stereocenters. The maximum Gasteiger partial charge on any atom is 0.240 e. The van der Waals surface area contributed by atoms with Crippen LogP contribution in [0.2, 0.25) is 0 Å². The third kappa shape index (κ3) is 3.45. The average Bonchev–Trinajstić information content (AvgIpc) is 3.12. The minimum atomic E-state index is 0.136. The maximum atomic E-state index is 12.6. The van der Waals surface area contributed by atoms with E-state index < -0.39 is 0 Å². The lowest BCUT2D eigenvalue weighted by Gasteiger charge is -2.30. The molecular formula is C18H24N4O. The first-order valence-electron chi connectivity index (χ1n) is 8.27. The van der Waals surface area contributed by atoms with Gasteiger partial charge in [-0.3, -0.25) is 9.48 Å². The van der Waals surface area contributed by atoms with Crippen LogP contribution in [0, 0.1) is 0 Å². The zero-order valence-corrected chi connectivity index (χ0v) is 13.8. The highest BCUT2D eigenvalue weighted by atomic mass is 16.2. The number of fused-ring (bicyclic) bond motifs is 1. The van der Waals surface area contributed by atoms with Crippen molar-refractivity contribution in [3.63, 3.8) is 0 Å². The molecule has 5 nitrogen and oxygen atoms in total. The third-order valence-electron chi connectivity index (χ3n) is 4.65. The van der Waals surface area contributed by atoms with Gasteiger partial charge in [-0.05, 0) is 44.4 Å². The molecule has 1 aliphatic rings. The topological polar surface area (TPSA) is 50.2 Å². The van der Waals surface area contributed by atoms with Crippen LogP contribution in [0.4, 0.5) is 5.69 Å². The number of hydrogen-bond donors (Lipinski definition) is 1. The van der Waals surface area contributed by atoms with E-state index in [2.05, 4.69) is 30.3 Å². The molecule has 2 aromatic rings. The number of aryl methyl sites for hydroxylation is 1. The molecular weight excluding hydrogens is 288 g/mol. The smallest absolute Gasteiger partial charge is 0.240 e. The van der Waals surface area contributed by atoms with Crippen molar-refractivity contribution in [1.29, 1.82) is 0 Å². The second-order valence-corrected chi connectivity index (χ2v) is 6.17. The lowest BCUT2D eigenvalue weighted by atomic mass is 10.0. The highest BCUT2D eigenvalue weighted by molar-refractivity contribution is 5.95. The lowest BCUT2D eigenvalue weighted by Crippen LogP contribution is -2.44. The van der Waals surface area contributed by atoms with Crippen molar-refractivity contribution in [3.8, 4) is 0 Å². The molecule has 0 radical (unpaired) electrons. The van der Waals surface area contributed by atoms with Gasteiger partial charge in [0.1, 0.15) is 0 Å². The first-order valence-corrected chi connectivity index (χ1v) is 8.27. The maximum absolute atomic E-state index is 12.6. The minimum absolute atomic E-state index is 0.136. The van der Waals surface area contributed by atoms with Gasteiger partial charge in [0.05, 0.1) is 12.6 Å². The summed E-state index contributed by atoms with van der Waals surface area (Å²) in [4.78, 5) is 14.5. The third-order valence-corrected chi connectivity index (χ3v) is 4.65. The average molecular weight is 312 g/mol. The van der Waals surface area contributed by atoms with E-state index in [0.29, 0.717) is 6.54 Å². The van der Waals surface area contributed by atoms with E-state index in [9.17, 15) is 4.79 Å².